The van der Waals surface area contributed by atoms with Crippen LogP contribution in [0.2, 0.25) is 0 Å². The van der Waals surface area contributed by atoms with Crippen LogP contribution >= 0.6 is 0 Å². The van der Waals surface area contributed by atoms with Gasteiger partial charge < -0.3 is 5.73 Å². The molecule has 0 aliphatic carbocycles. The topological polar surface area (TPSA) is 43.1 Å². The maximum absolute atomic E-state index is 12.9. The molecule has 0 aliphatic rings. The van der Waals surface area contributed by atoms with Crippen molar-refractivity contribution in [1.82, 2.24) is 0 Å². The number of benzene rings is 1. The first-order valence-electron chi connectivity index (χ1n) is 3.48. The van der Waals surface area contributed by atoms with E-state index in [0.717, 1.165) is 6.07 Å². The second kappa shape index (κ2) is 3.28. The third kappa shape index (κ3) is 1.68. The molecule has 14 heavy (non-hydrogen) atoms. The summed E-state index contributed by atoms with van der Waals surface area (Å²) in [5.41, 5.74) is 2.43. The number of aldehydes is 1. The van der Waals surface area contributed by atoms with Gasteiger partial charge in [0.05, 0.1) is 11.3 Å². The van der Waals surface area contributed by atoms with E-state index in [0.29, 0.717) is 6.07 Å². The molecule has 1 aromatic carbocycles. The lowest BCUT2D eigenvalue weighted by Crippen LogP contribution is -2.11. The van der Waals surface area contributed by atoms with Crippen LogP contribution in [0.3, 0.4) is 0 Å². The van der Waals surface area contributed by atoms with Gasteiger partial charge in [-0.2, -0.15) is 13.2 Å². The molecule has 0 aliphatic heterocycles. The van der Waals surface area contributed by atoms with Crippen LogP contribution in [0.25, 0.3) is 0 Å². The van der Waals surface area contributed by atoms with Crippen LogP contribution in [0.4, 0.5) is 23.2 Å². The summed E-state index contributed by atoms with van der Waals surface area (Å²) in [6.45, 7) is 0. The Morgan fingerprint density at radius 3 is 2.29 bits per heavy atom. The molecule has 0 heterocycles. The first-order valence-corrected chi connectivity index (χ1v) is 3.48. The Morgan fingerprint density at radius 1 is 1.29 bits per heavy atom. The van der Waals surface area contributed by atoms with Crippen LogP contribution in [0.15, 0.2) is 12.1 Å². The SMILES string of the molecule is Nc1c(C=O)ccc(C(F)(F)F)c1F. The molecule has 0 fully saturated rings. The smallest absolute Gasteiger partial charge is 0.396 e. The fourth-order valence-electron chi connectivity index (χ4n) is 0.930. The molecule has 0 bridgehead atoms. The summed E-state index contributed by atoms with van der Waals surface area (Å²) in [5, 5.41) is 0. The summed E-state index contributed by atoms with van der Waals surface area (Å²) >= 11 is 0. The Balaban J connectivity index is 3.38. The van der Waals surface area contributed by atoms with Gasteiger partial charge in [0, 0.05) is 5.56 Å². The third-order valence-electron chi connectivity index (χ3n) is 1.65. The number of alkyl halides is 3. The number of nitrogens with two attached hydrogens (primary N) is 1. The monoisotopic (exact) mass is 207 g/mol. The molecule has 1 rings (SSSR count). The van der Waals surface area contributed by atoms with Gasteiger partial charge in [-0.25, -0.2) is 4.39 Å². The van der Waals surface area contributed by atoms with Crippen LogP contribution in [-0.4, -0.2) is 6.29 Å². The number of hydrogen-bond donors (Lipinski definition) is 1. The van der Waals surface area contributed by atoms with E-state index in [1.165, 1.54) is 0 Å². The minimum absolute atomic E-state index is 0.193. The summed E-state index contributed by atoms with van der Waals surface area (Å²) in [6.07, 6.45) is -4.61. The average molecular weight is 207 g/mol. The van der Waals surface area contributed by atoms with Crippen LogP contribution in [0.5, 0.6) is 0 Å². The molecule has 2 nitrogen and oxygen atoms in total. The molecule has 0 unspecified atom stereocenters. The molecule has 0 amide bonds. The van der Waals surface area contributed by atoms with Crippen molar-refractivity contribution >= 4 is 12.0 Å². The van der Waals surface area contributed by atoms with Gasteiger partial charge in [-0.1, -0.05) is 0 Å². The van der Waals surface area contributed by atoms with Crippen molar-refractivity contribution in [2.45, 2.75) is 6.18 Å². The molecule has 0 aromatic heterocycles. The van der Waals surface area contributed by atoms with Crippen molar-refractivity contribution in [2.75, 3.05) is 5.73 Å². The van der Waals surface area contributed by atoms with E-state index in [4.69, 9.17) is 5.73 Å². The van der Waals surface area contributed by atoms with Crippen LogP contribution in [0.1, 0.15) is 15.9 Å². The van der Waals surface area contributed by atoms with Gasteiger partial charge in [-0.15, -0.1) is 0 Å². The van der Waals surface area contributed by atoms with E-state index < -0.39 is 23.2 Å². The van der Waals surface area contributed by atoms with Gasteiger partial charge in [-0.05, 0) is 12.1 Å². The minimum Gasteiger partial charge on any atom is -0.396 e. The van der Waals surface area contributed by atoms with E-state index in [-0.39, 0.29) is 11.8 Å². The zero-order chi connectivity index (χ0) is 10.9. The number of anilines is 1. The van der Waals surface area contributed by atoms with Crippen molar-refractivity contribution in [3.63, 3.8) is 0 Å². The molecular formula is C8H5F4NO. The normalized spacial score (nSPS) is 11.4. The Bertz CT molecular complexity index is 372. The van der Waals surface area contributed by atoms with E-state index in [2.05, 4.69) is 0 Å². The summed E-state index contributed by atoms with van der Waals surface area (Å²) in [7, 11) is 0. The minimum atomic E-state index is -4.81. The Morgan fingerprint density at radius 2 is 1.86 bits per heavy atom. The number of hydrogen-bond acceptors (Lipinski definition) is 2. The molecule has 6 heteroatoms. The predicted molar refractivity (Wildman–Crippen MR) is 41.2 cm³/mol. The first-order chi connectivity index (χ1) is 6.38. The molecule has 1 aromatic rings. The largest absolute Gasteiger partial charge is 0.419 e. The highest BCUT2D eigenvalue weighted by Gasteiger charge is 2.35. The molecule has 76 valence electrons. The van der Waals surface area contributed by atoms with Crippen LogP contribution in [0, 0.1) is 5.82 Å². The molecular weight excluding hydrogens is 202 g/mol. The molecule has 0 saturated heterocycles. The van der Waals surface area contributed by atoms with E-state index in [1.807, 2.05) is 0 Å². The highest BCUT2D eigenvalue weighted by atomic mass is 19.4. The van der Waals surface area contributed by atoms with Crippen LogP contribution in [-0.2, 0) is 6.18 Å². The summed E-state index contributed by atoms with van der Waals surface area (Å²) < 4.78 is 49.2. The second-order valence-electron chi connectivity index (χ2n) is 2.55. The van der Waals surface area contributed by atoms with Gasteiger partial charge in [0.1, 0.15) is 0 Å². The third-order valence-corrected chi connectivity index (χ3v) is 1.65. The highest BCUT2D eigenvalue weighted by Crippen LogP contribution is 2.33. The Hall–Kier alpha value is -1.59. The van der Waals surface area contributed by atoms with E-state index >= 15 is 0 Å². The van der Waals surface area contributed by atoms with E-state index in [1.54, 1.807) is 0 Å². The molecule has 0 radical (unpaired) electrons. The van der Waals surface area contributed by atoms with E-state index in [9.17, 15) is 22.4 Å². The Kier molecular flexibility index (Phi) is 2.46. The number of nitrogen functional groups attached to an aromatic ring is 1. The van der Waals surface area contributed by atoms with Crippen molar-refractivity contribution in [3.05, 3.63) is 29.1 Å². The lowest BCUT2D eigenvalue weighted by atomic mass is 10.1. The number of carbonyl (C=O) groups is 1. The first kappa shape index (κ1) is 10.5. The van der Waals surface area contributed by atoms with Gasteiger partial charge in [0.2, 0.25) is 0 Å². The quantitative estimate of drug-likeness (QED) is 0.436. The van der Waals surface area contributed by atoms with Gasteiger partial charge in [0.25, 0.3) is 0 Å². The maximum Gasteiger partial charge on any atom is 0.419 e. The highest BCUT2D eigenvalue weighted by molar-refractivity contribution is 5.83. The van der Waals surface area contributed by atoms with Crippen molar-refractivity contribution < 1.29 is 22.4 Å². The lowest BCUT2D eigenvalue weighted by Gasteiger charge is -2.09. The van der Waals surface area contributed by atoms with Crippen LogP contribution < -0.4 is 5.73 Å². The van der Waals surface area contributed by atoms with Gasteiger partial charge in [-0.3, -0.25) is 4.79 Å². The standard InChI is InChI=1S/C8H5F4NO/c9-6-5(8(10,11)12)2-1-4(3-14)7(6)13/h1-3H,13H2. The maximum atomic E-state index is 12.9. The van der Waals surface area contributed by atoms with Gasteiger partial charge >= 0.3 is 6.18 Å². The van der Waals surface area contributed by atoms with Crippen molar-refractivity contribution in [1.29, 1.82) is 0 Å². The number of carbonyl (C=O) groups excluding carboxylic acids is 1. The molecule has 0 atom stereocenters. The summed E-state index contributed by atoms with van der Waals surface area (Å²) in [4.78, 5) is 10.2. The summed E-state index contributed by atoms with van der Waals surface area (Å²) in [5.74, 6) is -1.61. The number of halogens is 4. The molecule has 0 spiro atoms. The average Bonchev–Trinajstić information content (AvgIpc) is 2.07. The fraction of sp³-hybridized carbons (Fsp3) is 0.125. The second-order valence-corrected chi connectivity index (χ2v) is 2.55. The summed E-state index contributed by atoms with van der Waals surface area (Å²) in [6, 6.07) is 1.31. The lowest BCUT2D eigenvalue weighted by molar-refractivity contribution is -0.139. The van der Waals surface area contributed by atoms with Crippen molar-refractivity contribution in [3.8, 4) is 0 Å². The van der Waals surface area contributed by atoms with Crippen molar-refractivity contribution in [2.24, 2.45) is 0 Å². The molecule has 2 N–H and O–H groups in total. The zero-order valence-corrected chi connectivity index (χ0v) is 6.73. The zero-order valence-electron chi connectivity index (χ0n) is 6.73. The number of rotatable bonds is 1. The fourth-order valence-corrected chi connectivity index (χ4v) is 0.930. The predicted octanol–water partition coefficient (Wildman–Crippen LogP) is 2.24. The Labute approximate surface area is 76.3 Å². The van der Waals surface area contributed by atoms with Gasteiger partial charge in [0.15, 0.2) is 12.1 Å². The molecule has 0 saturated carbocycles.